The minimum absolute atomic E-state index is 0.0494. The highest BCUT2D eigenvalue weighted by Gasteiger charge is 2.52. The van der Waals surface area contributed by atoms with Gasteiger partial charge < -0.3 is 4.74 Å². The molecule has 1 aromatic heterocycles. The second kappa shape index (κ2) is 12.5. The van der Waals surface area contributed by atoms with Crippen LogP contribution in [-0.4, -0.2) is 49.7 Å². The van der Waals surface area contributed by atoms with Crippen molar-refractivity contribution in [1.29, 1.82) is 0 Å². The van der Waals surface area contributed by atoms with Gasteiger partial charge in [-0.05, 0) is 49.2 Å². The first-order valence-corrected chi connectivity index (χ1v) is 16.5. The molecule has 0 spiro atoms. The Morgan fingerprint density at radius 3 is 2.24 bits per heavy atom. The number of Topliss-reactive ketones (excluding diaryl/α,β-unsaturated/α-hetero) is 1. The van der Waals surface area contributed by atoms with Gasteiger partial charge in [0, 0.05) is 42.8 Å². The van der Waals surface area contributed by atoms with Gasteiger partial charge in [-0.3, -0.25) is 29.4 Å². The number of imide groups is 1. The van der Waals surface area contributed by atoms with Crippen molar-refractivity contribution in [2.24, 2.45) is 11.8 Å². The first kappa shape index (κ1) is 31.2. The van der Waals surface area contributed by atoms with E-state index in [0.29, 0.717) is 45.2 Å². The minimum Gasteiger partial charge on any atom is -0.454 e. The van der Waals surface area contributed by atoms with Gasteiger partial charge in [-0.25, -0.2) is 9.78 Å². The third-order valence-corrected chi connectivity index (χ3v) is 11.3. The van der Waals surface area contributed by atoms with Crippen molar-refractivity contribution in [2.75, 3.05) is 11.5 Å². The molecule has 2 amide bonds. The van der Waals surface area contributed by atoms with E-state index in [1.54, 1.807) is 48.5 Å². The van der Waals surface area contributed by atoms with Crippen LogP contribution in [0, 0.1) is 22.0 Å². The number of hydrogen-bond donors (Lipinski definition) is 0. The number of alkyl halides is 2. The molecule has 6 rings (SSSR count). The summed E-state index contributed by atoms with van der Waals surface area (Å²) in [6.45, 7) is -0.618. The van der Waals surface area contributed by atoms with Gasteiger partial charge in [0.25, 0.3) is 5.69 Å². The van der Waals surface area contributed by atoms with Crippen molar-refractivity contribution in [3.63, 3.8) is 0 Å². The molecule has 1 aliphatic carbocycles. The number of pyridine rings is 1. The molecule has 228 valence electrons. The molecule has 0 radical (unpaired) electrons. The summed E-state index contributed by atoms with van der Waals surface area (Å²) in [7, 11) is 0. The molecule has 1 saturated carbocycles. The number of non-ortho nitro benzene ring substituents is 1. The monoisotopic (exact) mass is 797 g/mol. The molecule has 10 nitrogen and oxygen atoms in total. The summed E-state index contributed by atoms with van der Waals surface area (Å²) >= 11 is 10.6. The standard InChI is InChI=1S/C32H22Br3N3O7/c33-18-6-9-27-21(11-18)24(32(42)45-15-29(39)17-2-1-3-20(10-17)38(43)44)14-28(36-27)16-4-7-19(8-5-16)37-30(40)22-12-25(34)26(35)13-23(22)31(37)41/h1-11,14,22-23,25-26H,12-13,15H2. The molecule has 2 fully saturated rings. The zero-order valence-corrected chi connectivity index (χ0v) is 28.0. The van der Waals surface area contributed by atoms with Crippen LogP contribution in [0.25, 0.3) is 22.2 Å². The predicted octanol–water partition coefficient (Wildman–Crippen LogP) is 7.04. The van der Waals surface area contributed by atoms with Crippen LogP contribution in [0.2, 0.25) is 0 Å². The van der Waals surface area contributed by atoms with E-state index in [-0.39, 0.29) is 50.1 Å². The Bertz CT molecular complexity index is 1870. The van der Waals surface area contributed by atoms with E-state index in [4.69, 9.17) is 9.72 Å². The molecular weight excluding hydrogens is 778 g/mol. The van der Waals surface area contributed by atoms with Crippen molar-refractivity contribution in [3.8, 4) is 11.3 Å². The summed E-state index contributed by atoms with van der Waals surface area (Å²) in [6.07, 6.45) is 1.15. The summed E-state index contributed by atoms with van der Waals surface area (Å²) in [4.78, 5) is 69.2. The molecule has 1 saturated heterocycles. The lowest BCUT2D eigenvalue weighted by Crippen LogP contribution is -2.34. The van der Waals surface area contributed by atoms with Gasteiger partial charge >= 0.3 is 5.97 Å². The van der Waals surface area contributed by atoms with Gasteiger partial charge in [0.15, 0.2) is 6.61 Å². The molecule has 0 N–H and O–H groups in total. The normalized spacial score (nSPS) is 21.1. The fraction of sp³-hybridized carbons (Fsp3) is 0.219. The van der Waals surface area contributed by atoms with Crippen LogP contribution in [0.15, 0.2) is 77.3 Å². The van der Waals surface area contributed by atoms with E-state index < -0.39 is 23.3 Å². The van der Waals surface area contributed by atoms with Crippen LogP contribution in [0.4, 0.5) is 11.4 Å². The number of nitrogens with zero attached hydrogens (tertiary/aromatic N) is 3. The number of halogens is 3. The Kier molecular flexibility index (Phi) is 8.68. The molecule has 2 heterocycles. The third kappa shape index (κ3) is 6.08. The molecule has 3 aromatic carbocycles. The number of amides is 2. The lowest BCUT2D eigenvalue weighted by Gasteiger charge is -2.29. The minimum atomic E-state index is -0.775. The molecule has 4 unspecified atom stereocenters. The van der Waals surface area contributed by atoms with Gasteiger partial charge in [-0.15, -0.1) is 0 Å². The Morgan fingerprint density at radius 2 is 1.60 bits per heavy atom. The van der Waals surface area contributed by atoms with Gasteiger partial charge in [-0.1, -0.05) is 72.1 Å². The summed E-state index contributed by atoms with van der Waals surface area (Å²) in [5, 5.41) is 11.6. The highest BCUT2D eigenvalue weighted by Crippen LogP contribution is 2.44. The first-order chi connectivity index (χ1) is 21.5. The molecular formula is C32H22Br3N3O7. The maximum Gasteiger partial charge on any atom is 0.339 e. The summed E-state index contributed by atoms with van der Waals surface area (Å²) < 4.78 is 6.07. The number of nitro benzene ring substituents is 1. The van der Waals surface area contributed by atoms with Crippen LogP contribution in [0.1, 0.15) is 33.6 Å². The van der Waals surface area contributed by atoms with Crippen molar-refractivity contribution < 1.29 is 28.8 Å². The third-order valence-electron chi connectivity index (χ3n) is 8.04. The molecule has 4 atom stereocenters. The van der Waals surface area contributed by atoms with Crippen molar-refractivity contribution in [3.05, 3.63) is 98.5 Å². The lowest BCUT2D eigenvalue weighted by molar-refractivity contribution is -0.384. The quantitative estimate of drug-likeness (QED) is 0.0485. The predicted molar refractivity (Wildman–Crippen MR) is 177 cm³/mol. The van der Waals surface area contributed by atoms with Gasteiger partial charge in [0.2, 0.25) is 17.6 Å². The number of anilines is 1. The average molecular weight is 800 g/mol. The van der Waals surface area contributed by atoms with Crippen LogP contribution in [0.5, 0.6) is 0 Å². The lowest BCUT2D eigenvalue weighted by atomic mass is 9.81. The van der Waals surface area contributed by atoms with E-state index in [9.17, 15) is 29.3 Å². The Morgan fingerprint density at radius 1 is 0.933 bits per heavy atom. The van der Waals surface area contributed by atoms with Crippen LogP contribution < -0.4 is 4.90 Å². The van der Waals surface area contributed by atoms with E-state index in [2.05, 4.69) is 47.8 Å². The maximum atomic E-state index is 13.3. The number of nitro groups is 1. The highest BCUT2D eigenvalue weighted by molar-refractivity contribution is 9.12. The molecule has 2 aliphatic rings. The Labute approximate surface area is 281 Å². The smallest absolute Gasteiger partial charge is 0.339 e. The average Bonchev–Trinajstić information content (AvgIpc) is 3.27. The topological polar surface area (TPSA) is 137 Å². The fourth-order valence-electron chi connectivity index (χ4n) is 5.73. The molecule has 4 aromatic rings. The number of ketones is 1. The number of fused-ring (bicyclic) bond motifs is 2. The van der Waals surface area contributed by atoms with Crippen molar-refractivity contribution in [2.45, 2.75) is 22.5 Å². The fourth-order valence-corrected chi connectivity index (χ4v) is 7.33. The van der Waals surface area contributed by atoms with E-state index >= 15 is 0 Å². The summed E-state index contributed by atoms with van der Waals surface area (Å²) in [6, 6.07) is 18.8. The Balaban J connectivity index is 1.26. The number of hydrogen-bond acceptors (Lipinski definition) is 8. The van der Waals surface area contributed by atoms with Crippen molar-refractivity contribution in [1.82, 2.24) is 4.98 Å². The number of aromatic nitrogens is 1. The highest BCUT2D eigenvalue weighted by atomic mass is 79.9. The number of esters is 1. The van der Waals surface area contributed by atoms with Crippen LogP contribution in [0.3, 0.4) is 0 Å². The molecule has 13 heteroatoms. The Hall–Kier alpha value is -3.81. The summed E-state index contributed by atoms with van der Waals surface area (Å²) in [5.74, 6) is -2.51. The van der Waals surface area contributed by atoms with Gasteiger partial charge in [0.05, 0.1) is 39.2 Å². The number of ether oxygens (including phenoxy) is 1. The van der Waals surface area contributed by atoms with E-state index in [1.165, 1.54) is 23.1 Å². The molecule has 0 bridgehead atoms. The first-order valence-electron chi connectivity index (χ1n) is 13.8. The van der Waals surface area contributed by atoms with Gasteiger partial charge in [0.1, 0.15) is 0 Å². The molecule has 45 heavy (non-hydrogen) atoms. The van der Waals surface area contributed by atoms with Crippen molar-refractivity contribution >= 4 is 93.6 Å². The second-order valence-electron chi connectivity index (χ2n) is 10.8. The zero-order valence-electron chi connectivity index (χ0n) is 23.2. The van der Waals surface area contributed by atoms with Crippen LogP contribution in [-0.2, 0) is 14.3 Å². The SMILES string of the molecule is O=C(COC(=O)c1cc(-c2ccc(N3C(=O)C4CC(Br)C(Br)CC4C3=O)cc2)nc2ccc(Br)cc12)c1cccc([N+](=O)[O-])c1. The second-order valence-corrected chi connectivity index (χ2v) is 14.1. The number of rotatable bonds is 7. The molecule has 1 aliphatic heterocycles. The zero-order chi connectivity index (χ0) is 32.0. The maximum absolute atomic E-state index is 13.3. The number of benzene rings is 3. The van der Waals surface area contributed by atoms with Crippen LogP contribution >= 0.6 is 47.8 Å². The largest absolute Gasteiger partial charge is 0.454 e. The number of carbonyl (C=O) groups is 4. The van der Waals surface area contributed by atoms with Gasteiger partial charge in [-0.2, -0.15) is 0 Å². The van der Waals surface area contributed by atoms with E-state index in [0.717, 1.165) is 6.07 Å². The number of carbonyl (C=O) groups excluding carboxylic acids is 4. The van der Waals surface area contributed by atoms with E-state index in [1.807, 2.05) is 0 Å². The summed E-state index contributed by atoms with van der Waals surface area (Å²) in [5.41, 5.74) is 1.99.